The molecule has 7 atom stereocenters. The lowest BCUT2D eigenvalue weighted by Gasteiger charge is -2.62. The lowest BCUT2D eigenvalue weighted by Crippen LogP contribution is -2.59. The molecule has 0 amide bonds. The summed E-state index contributed by atoms with van der Waals surface area (Å²) < 4.78 is 0. The van der Waals surface area contributed by atoms with Gasteiger partial charge in [-0.2, -0.15) is 0 Å². The van der Waals surface area contributed by atoms with Crippen LogP contribution in [0.1, 0.15) is 87.0 Å². The van der Waals surface area contributed by atoms with Gasteiger partial charge in [-0.3, -0.25) is 4.79 Å². The minimum absolute atomic E-state index is 0.0125. The molecule has 0 unspecified atom stereocenters. The average Bonchev–Trinajstić information content (AvgIpc) is 3.06. The molecule has 0 aromatic heterocycles. The Morgan fingerprint density at radius 3 is 2.38 bits per heavy atom. The molecule has 34 heavy (non-hydrogen) atoms. The van der Waals surface area contributed by atoms with Crippen LogP contribution in [-0.2, 0) is 4.79 Å². The maximum Gasteiger partial charge on any atom is 0.160 e. The Morgan fingerprint density at radius 1 is 1.09 bits per heavy atom. The van der Waals surface area contributed by atoms with Crippen LogP contribution in [0.15, 0.2) is 46.6 Å². The highest BCUT2D eigenvalue weighted by molar-refractivity contribution is 6.00. The molecule has 3 aliphatic carbocycles. The van der Waals surface area contributed by atoms with Crippen molar-refractivity contribution >= 4 is 5.78 Å². The van der Waals surface area contributed by atoms with E-state index in [-0.39, 0.29) is 35.1 Å². The first-order valence-electron chi connectivity index (χ1n) is 13.0. The molecular formula is C30H46O4. The van der Waals surface area contributed by atoms with Crippen LogP contribution in [0.25, 0.3) is 0 Å². The Labute approximate surface area is 206 Å². The highest BCUT2D eigenvalue weighted by Gasteiger charge is 2.65. The van der Waals surface area contributed by atoms with Crippen molar-refractivity contribution in [1.29, 1.82) is 0 Å². The second kappa shape index (κ2) is 9.87. The minimum atomic E-state index is -0.506. The summed E-state index contributed by atoms with van der Waals surface area (Å²) in [5.41, 5.74) is 3.31. The van der Waals surface area contributed by atoms with Crippen LogP contribution in [-0.4, -0.2) is 39.9 Å². The van der Waals surface area contributed by atoms with E-state index in [4.69, 9.17) is 0 Å². The summed E-state index contributed by atoms with van der Waals surface area (Å²) in [5.74, 6) is 0.687. The molecule has 3 rings (SSSR count). The SMILES string of the molecule is CC(C)=CC[C@H](O)/C(C)=C/C=C/C(C)=C1\C(=O)C[C@H]2[C@@]3(C)CC[C@@H](O)[C@](C)(CO)[C@@H]3CC[C@]12C. The molecule has 0 radical (unpaired) electrons. The average molecular weight is 471 g/mol. The van der Waals surface area contributed by atoms with Gasteiger partial charge in [0.05, 0.1) is 18.8 Å². The van der Waals surface area contributed by atoms with Crippen LogP contribution in [0.2, 0.25) is 0 Å². The van der Waals surface area contributed by atoms with Crippen molar-refractivity contribution < 1.29 is 20.1 Å². The fourth-order valence-corrected chi connectivity index (χ4v) is 7.68. The molecule has 0 aliphatic heterocycles. The van der Waals surface area contributed by atoms with E-state index in [0.29, 0.717) is 19.3 Å². The molecule has 3 aliphatic rings. The summed E-state index contributed by atoms with van der Waals surface area (Å²) in [7, 11) is 0. The summed E-state index contributed by atoms with van der Waals surface area (Å²) >= 11 is 0. The minimum Gasteiger partial charge on any atom is -0.396 e. The zero-order chi connectivity index (χ0) is 25.5. The van der Waals surface area contributed by atoms with Crippen LogP contribution in [0, 0.1) is 28.1 Å². The van der Waals surface area contributed by atoms with Gasteiger partial charge in [0.15, 0.2) is 5.78 Å². The Balaban J connectivity index is 1.88. The summed E-state index contributed by atoms with van der Waals surface area (Å²) in [6.45, 7) is 14.6. The van der Waals surface area contributed by atoms with E-state index in [1.165, 1.54) is 5.57 Å². The number of allylic oxidation sites excluding steroid dienone is 6. The predicted molar refractivity (Wildman–Crippen MR) is 138 cm³/mol. The van der Waals surface area contributed by atoms with E-state index in [9.17, 15) is 20.1 Å². The lowest BCUT2D eigenvalue weighted by atomic mass is 9.43. The fraction of sp³-hybridized carbons (Fsp3) is 0.700. The maximum atomic E-state index is 13.4. The Hall–Kier alpha value is -1.49. The number of Topliss-reactive ketones (excluding diaryl/α,β-unsaturated/α-hetero) is 1. The largest absolute Gasteiger partial charge is 0.396 e. The number of carbonyl (C=O) groups is 1. The van der Waals surface area contributed by atoms with Crippen molar-refractivity contribution in [2.24, 2.45) is 28.1 Å². The summed E-state index contributed by atoms with van der Waals surface area (Å²) in [5, 5.41) is 31.3. The van der Waals surface area contributed by atoms with E-state index >= 15 is 0 Å². The summed E-state index contributed by atoms with van der Waals surface area (Å²) in [4.78, 5) is 13.4. The highest BCUT2D eigenvalue weighted by Crippen LogP contribution is 2.69. The second-order valence-electron chi connectivity index (χ2n) is 12.3. The Morgan fingerprint density at radius 2 is 1.76 bits per heavy atom. The Kier molecular flexibility index (Phi) is 7.87. The standard InChI is InChI=1S/C30H46O4/c1-19(2)11-12-22(32)20(3)9-8-10-21(4)27-23(33)17-25-28(5)16-14-26(34)30(7,18-31)24(28)13-15-29(25,27)6/h8-11,22,24-26,31-32,34H,12-18H2,1-7H3/b10-8+,20-9+,27-21+/t22-,24+,25-,26+,28-,29-,30+/m0/s1. The zero-order valence-corrected chi connectivity index (χ0v) is 22.3. The molecule has 4 heteroatoms. The molecule has 0 saturated heterocycles. The van der Waals surface area contributed by atoms with Crippen LogP contribution in [0.4, 0.5) is 0 Å². The van der Waals surface area contributed by atoms with Crippen LogP contribution < -0.4 is 0 Å². The van der Waals surface area contributed by atoms with Crippen LogP contribution in [0.5, 0.6) is 0 Å². The third-order valence-corrected chi connectivity index (χ3v) is 9.78. The molecule has 0 bridgehead atoms. The lowest BCUT2D eigenvalue weighted by molar-refractivity contribution is -0.178. The van der Waals surface area contributed by atoms with Gasteiger partial charge in [-0.05, 0) is 88.2 Å². The normalized spacial score (nSPS) is 40.7. The fourth-order valence-electron chi connectivity index (χ4n) is 7.68. The summed E-state index contributed by atoms with van der Waals surface area (Å²) in [6.07, 6.45) is 11.5. The molecule has 0 spiro atoms. The zero-order valence-electron chi connectivity index (χ0n) is 22.3. The van der Waals surface area contributed by atoms with Gasteiger partial charge in [-0.1, -0.05) is 50.6 Å². The number of aliphatic hydroxyl groups is 3. The van der Waals surface area contributed by atoms with Gasteiger partial charge in [0.25, 0.3) is 0 Å². The number of aliphatic hydroxyl groups excluding tert-OH is 3. The monoisotopic (exact) mass is 470 g/mol. The molecule has 3 fully saturated rings. The van der Waals surface area contributed by atoms with Gasteiger partial charge >= 0.3 is 0 Å². The first-order valence-corrected chi connectivity index (χ1v) is 13.0. The molecule has 0 aromatic rings. The number of carbonyl (C=O) groups excluding carboxylic acids is 1. The van der Waals surface area contributed by atoms with Crippen LogP contribution >= 0.6 is 0 Å². The van der Waals surface area contributed by atoms with Gasteiger partial charge in [0.1, 0.15) is 0 Å². The first-order chi connectivity index (χ1) is 15.8. The van der Waals surface area contributed by atoms with Crippen molar-refractivity contribution in [3.63, 3.8) is 0 Å². The number of fused-ring (bicyclic) bond motifs is 3. The predicted octanol–water partition coefficient (Wildman–Crippen LogP) is 5.69. The van der Waals surface area contributed by atoms with Crippen molar-refractivity contribution in [2.45, 2.75) is 99.2 Å². The number of rotatable bonds is 6. The number of hydrogen-bond donors (Lipinski definition) is 3. The number of hydrogen-bond acceptors (Lipinski definition) is 4. The van der Waals surface area contributed by atoms with E-state index in [0.717, 1.165) is 36.0 Å². The quantitative estimate of drug-likeness (QED) is 0.265. The Bertz CT molecular complexity index is 920. The van der Waals surface area contributed by atoms with E-state index in [2.05, 4.69) is 13.8 Å². The second-order valence-corrected chi connectivity index (χ2v) is 12.3. The first kappa shape index (κ1) is 27.1. The molecule has 0 aromatic carbocycles. The number of ketones is 1. The third-order valence-electron chi connectivity index (χ3n) is 9.78. The van der Waals surface area contributed by atoms with E-state index < -0.39 is 17.6 Å². The molecule has 190 valence electrons. The van der Waals surface area contributed by atoms with Crippen molar-refractivity contribution in [3.05, 3.63) is 46.6 Å². The van der Waals surface area contributed by atoms with Crippen LogP contribution in [0.3, 0.4) is 0 Å². The van der Waals surface area contributed by atoms with Gasteiger partial charge in [0.2, 0.25) is 0 Å². The van der Waals surface area contributed by atoms with Crippen molar-refractivity contribution in [3.8, 4) is 0 Å². The van der Waals surface area contributed by atoms with E-state index in [1.807, 2.05) is 58.9 Å². The molecular weight excluding hydrogens is 424 g/mol. The topological polar surface area (TPSA) is 77.8 Å². The van der Waals surface area contributed by atoms with Gasteiger partial charge < -0.3 is 15.3 Å². The third kappa shape index (κ3) is 4.54. The molecule has 0 heterocycles. The molecule has 3 saturated carbocycles. The van der Waals surface area contributed by atoms with Gasteiger partial charge in [-0.25, -0.2) is 0 Å². The maximum absolute atomic E-state index is 13.4. The van der Waals surface area contributed by atoms with Gasteiger partial charge in [0, 0.05) is 22.8 Å². The van der Waals surface area contributed by atoms with E-state index in [1.54, 1.807) is 0 Å². The van der Waals surface area contributed by atoms with Crippen molar-refractivity contribution in [2.75, 3.05) is 6.61 Å². The molecule has 4 nitrogen and oxygen atoms in total. The van der Waals surface area contributed by atoms with Gasteiger partial charge in [-0.15, -0.1) is 0 Å². The molecule has 3 N–H and O–H groups in total. The highest BCUT2D eigenvalue weighted by atomic mass is 16.3. The summed E-state index contributed by atoms with van der Waals surface area (Å²) in [6, 6.07) is 0. The van der Waals surface area contributed by atoms with Crippen molar-refractivity contribution in [1.82, 2.24) is 0 Å². The smallest absolute Gasteiger partial charge is 0.160 e.